The summed E-state index contributed by atoms with van der Waals surface area (Å²) in [5, 5.41) is 6.73. The summed E-state index contributed by atoms with van der Waals surface area (Å²) in [6.45, 7) is 6.13. The topological polar surface area (TPSA) is 50.4 Å². The normalized spacial score (nSPS) is 11.9. The van der Waals surface area contributed by atoms with Crippen LogP contribution in [0, 0.1) is 0 Å². The van der Waals surface area contributed by atoms with Crippen LogP contribution in [0.4, 0.5) is 0 Å². The lowest BCUT2D eigenvalue weighted by molar-refractivity contribution is -0.121. The number of rotatable bonds is 9. The Labute approximate surface area is 125 Å². The van der Waals surface area contributed by atoms with Crippen LogP contribution >= 0.6 is 11.6 Å². The van der Waals surface area contributed by atoms with Gasteiger partial charge < -0.3 is 15.4 Å². The highest BCUT2D eigenvalue weighted by molar-refractivity contribution is 6.32. The molecule has 0 fully saturated rings. The molecule has 0 spiro atoms. The second kappa shape index (κ2) is 9.61. The minimum atomic E-state index is 0.0533. The molecule has 0 bridgehead atoms. The summed E-state index contributed by atoms with van der Waals surface area (Å²) in [4.78, 5) is 11.6. The van der Waals surface area contributed by atoms with Crippen molar-refractivity contribution >= 4 is 17.5 Å². The van der Waals surface area contributed by atoms with Crippen molar-refractivity contribution in [1.82, 2.24) is 10.6 Å². The van der Waals surface area contributed by atoms with Crippen LogP contribution in [-0.4, -0.2) is 31.6 Å². The van der Waals surface area contributed by atoms with E-state index in [-0.39, 0.29) is 5.91 Å². The van der Waals surface area contributed by atoms with E-state index in [0.717, 1.165) is 6.54 Å². The molecule has 2 N–H and O–H groups in total. The SMILES string of the molecule is CCN[C@H](C)CNC(=O)CCCOc1ccccc1Cl. The summed E-state index contributed by atoms with van der Waals surface area (Å²) in [6, 6.07) is 7.62. The first-order valence-electron chi connectivity index (χ1n) is 7.01. The van der Waals surface area contributed by atoms with Gasteiger partial charge in [-0.15, -0.1) is 0 Å². The summed E-state index contributed by atoms with van der Waals surface area (Å²) in [7, 11) is 0. The van der Waals surface area contributed by atoms with Crippen molar-refractivity contribution in [1.29, 1.82) is 0 Å². The Morgan fingerprint density at radius 3 is 2.85 bits per heavy atom. The molecule has 20 heavy (non-hydrogen) atoms. The van der Waals surface area contributed by atoms with Gasteiger partial charge in [-0.05, 0) is 32.0 Å². The van der Waals surface area contributed by atoms with E-state index in [1.54, 1.807) is 6.07 Å². The van der Waals surface area contributed by atoms with Crippen molar-refractivity contribution < 1.29 is 9.53 Å². The van der Waals surface area contributed by atoms with Gasteiger partial charge in [0, 0.05) is 19.0 Å². The molecule has 0 heterocycles. The van der Waals surface area contributed by atoms with Crippen LogP contribution in [0.25, 0.3) is 0 Å². The van der Waals surface area contributed by atoms with Crippen molar-refractivity contribution in [3.05, 3.63) is 29.3 Å². The fourth-order valence-electron chi connectivity index (χ4n) is 1.75. The lowest BCUT2D eigenvalue weighted by Gasteiger charge is -2.13. The average Bonchev–Trinajstić information content (AvgIpc) is 2.43. The lowest BCUT2D eigenvalue weighted by atomic mass is 10.3. The molecule has 0 aliphatic heterocycles. The first-order chi connectivity index (χ1) is 9.63. The van der Waals surface area contributed by atoms with E-state index in [1.807, 2.05) is 32.0 Å². The number of benzene rings is 1. The maximum absolute atomic E-state index is 11.6. The summed E-state index contributed by atoms with van der Waals surface area (Å²) in [5.74, 6) is 0.716. The smallest absolute Gasteiger partial charge is 0.220 e. The number of hydrogen-bond acceptors (Lipinski definition) is 3. The van der Waals surface area contributed by atoms with Crippen molar-refractivity contribution in [2.24, 2.45) is 0 Å². The average molecular weight is 299 g/mol. The third-order valence-corrected chi connectivity index (χ3v) is 3.11. The number of carbonyl (C=O) groups is 1. The van der Waals surface area contributed by atoms with Crippen LogP contribution in [0.3, 0.4) is 0 Å². The molecule has 0 unspecified atom stereocenters. The third kappa shape index (κ3) is 6.78. The summed E-state index contributed by atoms with van der Waals surface area (Å²) < 4.78 is 5.53. The Kier molecular flexibility index (Phi) is 8.07. The van der Waals surface area contributed by atoms with Crippen LogP contribution in [0.1, 0.15) is 26.7 Å². The summed E-state index contributed by atoms with van der Waals surface area (Å²) in [5.41, 5.74) is 0. The molecule has 5 heteroatoms. The molecule has 0 saturated carbocycles. The molecule has 0 aliphatic carbocycles. The molecule has 0 aliphatic rings. The van der Waals surface area contributed by atoms with Crippen LogP contribution in [0.2, 0.25) is 5.02 Å². The molecular weight excluding hydrogens is 276 g/mol. The van der Waals surface area contributed by atoms with Gasteiger partial charge in [-0.2, -0.15) is 0 Å². The zero-order valence-corrected chi connectivity index (χ0v) is 12.9. The van der Waals surface area contributed by atoms with Crippen LogP contribution in [0.15, 0.2) is 24.3 Å². The number of para-hydroxylation sites is 1. The van der Waals surface area contributed by atoms with Gasteiger partial charge in [0.1, 0.15) is 5.75 Å². The van der Waals surface area contributed by atoms with Crippen LogP contribution in [0.5, 0.6) is 5.75 Å². The Balaban J connectivity index is 2.12. The van der Waals surface area contributed by atoms with Crippen molar-refractivity contribution in [3.8, 4) is 5.75 Å². The maximum Gasteiger partial charge on any atom is 0.220 e. The van der Waals surface area contributed by atoms with Crippen molar-refractivity contribution in [3.63, 3.8) is 0 Å². The van der Waals surface area contributed by atoms with E-state index in [9.17, 15) is 4.79 Å². The van der Waals surface area contributed by atoms with Gasteiger partial charge in [0.25, 0.3) is 0 Å². The maximum atomic E-state index is 11.6. The quantitative estimate of drug-likeness (QED) is 0.689. The second-order valence-corrected chi connectivity index (χ2v) is 5.05. The van der Waals surface area contributed by atoms with Crippen molar-refractivity contribution in [2.45, 2.75) is 32.7 Å². The largest absolute Gasteiger partial charge is 0.492 e. The number of amides is 1. The first-order valence-corrected chi connectivity index (χ1v) is 7.38. The van der Waals surface area contributed by atoms with E-state index in [2.05, 4.69) is 10.6 Å². The van der Waals surface area contributed by atoms with Gasteiger partial charge in [0.2, 0.25) is 5.91 Å². The lowest BCUT2D eigenvalue weighted by Crippen LogP contribution is -2.38. The van der Waals surface area contributed by atoms with Gasteiger partial charge in [-0.3, -0.25) is 4.79 Å². The van der Waals surface area contributed by atoms with E-state index in [1.165, 1.54) is 0 Å². The fourth-order valence-corrected chi connectivity index (χ4v) is 1.94. The molecule has 0 saturated heterocycles. The highest BCUT2D eigenvalue weighted by atomic mass is 35.5. The Morgan fingerprint density at radius 1 is 1.40 bits per heavy atom. The zero-order chi connectivity index (χ0) is 14.8. The highest BCUT2D eigenvalue weighted by Crippen LogP contribution is 2.23. The fraction of sp³-hybridized carbons (Fsp3) is 0.533. The number of ether oxygens (including phenoxy) is 1. The molecule has 1 rings (SSSR count). The summed E-state index contributed by atoms with van der Waals surface area (Å²) in [6.07, 6.45) is 1.13. The molecule has 0 aromatic heterocycles. The Hall–Kier alpha value is -1.26. The monoisotopic (exact) mass is 298 g/mol. The first kappa shape index (κ1) is 16.8. The zero-order valence-electron chi connectivity index (χ0n) is 12.1. The minimum absolute atomic E-state index is 0.0533. The Bertz CT molecular complexity index is 413. The number of likely N-dealkylation sites (N-methyl/N-ethyl adjacent to an activating group) is 1. The molecule has 0 radical (unpaired) electrons. The molecule has 1 aromatic carbocycles. The minimum Gasteiger partial charge on any atom is -0.492 e. The van der Waals surface area contributed by atoms with E-state index in [0.29, 0.717) is 42.8 Å². The standard InChI is InChI=1S/C15H23ClN2O2/c1-3-17-12(2)11-18-15(19)9-6-10-20-14-8-5-4-7-13(14)16/h4-5,7-8,12,17H,3,6,9-11H2,1-2H3,(H,18,19)/t12-/m1/s1. The van der Waals surface area contributed by atoms with Gasteiger partial charge >= 0.3 is 0 Å². The van der Waals surface area contributed by atoms with E-state index >= 15 is 0 Å². The second-order valence-electron chi connectivity index (χ2n) is 4.65. The molecule has 4 nitrogen and oxygen atoms in total. The number of hydrogen-bond donors (Lipinski definition) is 2. The molecule has 1 amide bonds. The van der Waals surface area contributed by atoms with Gasteiger partial charge in [0.15, 0.2) is 0 Å². The number of halogens is 1. The third-order valence-electron chi connectivity index (χ3n) is 2.80. The molecule has 112 valence electrons. The Morgan fingerprint density at radius 2 is 2.15 bits per heavy atom. The van der Waals surface area contributed by atoms with E-state index < -0.39 is 0 Å². The predicted molar refractivity (Wildman–Crippen MR) is 82.3 cm³/mol. The molecule has 1 atom stereocenters. The molecule has 1 aromatic rings. The molecular formula is C15H23ClN2O2. The van der Waals surface area contributed by atoms with Crippen molar-refractivity contribution in [2.75, 3.05) is 19.7 Å². The van der Waals surface area contributed by atoms with Crippen LogP contribution < -0.4 is 15.4 Å². The van der Waals surface area contributed by atoms with Crippen LogP contribution in [-0.2, 0) is 4.79 Å². The highest BCUT2D eigenvalue weighted by Gasteiger charge is 2.05. The summed E-state index contributed by atoms with van der Waals surface area (Å²) >= 11 is 5.97. The van der Waals surface area contributed by atoms with Gasteiger partial charge in [-0.1, -0.05) is 30.7 Å². The van der Waals surface area contributed by atoms with Gasteiger partial charge in [0.05, 0.1) is 11.6 Å². The van der Waals surface area contributed by atoms with E-state index in [4.69, 9.17) is 16.3 Å². The number of nitrogens with one attached hydrogen (secondary N) is 2. The number of carbonyl (C=O) groups excluding carboxylic acids is 1. The predicted octanol–water partition coefficient (Wildman–Crippen LogP) is 2.61. The van der Waals surface area contributed by atoms with Gasteiger partial charge in [-0.25, -0.2) is 0 Å².